The van der Waals surface area contributed by atoms with Crippen LogP contribution in [0.15, 0.2) is 0 Å². The molecule has 3 rings (SSSR count). The smallest absolute Gasteiger partial charge is 0.223 e. The second kappa shape index (κ2) is 5.31. The molecule has 3 aliphatic rings. The first-order valence-electron chi connectivity index (χ1n) is 8.06. The Balaban J connectivity index is 1.50. The van der Waals surface area contributed by atoms with Crippen molar-refractivity contribution in [2.24, 2.45) is 10.8 Å². The Kier molecular flexibility index (Phi) is 3.85. The normalized spacial score (nSPS) is 28.4. The van der Waals surface area contributed by atoms with Crippen molar-refractivity contribution in [2.75, 3.05) is 18.8 Å². The molecule has 0 unspecified atom stereocenters. The number of thiol groups is 1. The molecule has 2 aliphatic carbocycles. The van der Waals surface area contributed by atoms with Crippen LogP contribution in [0.3, 0.4) is 0 Å². The summed E-state index contributed by atoms with van der Waals surface area (Å²) in [6.45, 7) is 2.03. The Morgan fingerprint density at radius 3 is 2.11 bits per heavy atom. The number of carbonyl (C=O) groups excluding carboxylic acids is 1. The van der Waals surface area contributed by atoms with Crippen molar-refractivity contribution in [1.82, 2.24) is 4.90 Å². The largest absolute Gasteiger partial charge is 0.343 e. The number of nitrogens with zero attached hydrogens (tertiary/aromatic N) is 1. The number of piperidine rings is 1. The summed E-state index contributed by atoms with van der Waals surface area (Å²) in [5.41, 5.74) is 0.885. The maximum atomic E-state index is 12.4. The Labute approximate surface area is 122 Å². The zero-order chi connectivity index (χ0) is 13.3. The van der Waals surface area contributed by atoms with Crippen molar-refractivity contribution < 1.29 is 4.79 Å². The van der Waals surface area contributed by atoms with E-state index < -0.39 is 0 Å². The lowest BCUT2D eigenvalue weighted by Crippen LogP contribution is -2.44. The molecule has 0 radical (unpaired) electrons. The number of hydrogen-bond acceptors (Lipinski definition) is 2. The van der Waals surface area contributed by atoms with Gasteiger partial charge in [-0.1, -0.05) is 19.3 Å². The van der Waals surface area contributed by atoms with Crippen molar-refractivity contribution in [3.8, 4) is 0 Å². The van der Waals surface area contributed by atoms with Gasteiger partial charge < -0.3 is 4.90 Å². The predicted molar refractivity (Wildman–Crippen MR) is 81.5 cm³/mol. The van der Waals surface area contributed by atoms with Crippen LogP contribution < -0.4 is 0 Å². The van der Waals surface area contributed by atoms with Crippen LogP contribution in [0.2, 0.25) is 0 Å². The van der Waals surface area contributed by atoms with Gasteiger partial charge in [0.05, 0.1) is 0 Å². The average molecular weight is 281 g/mol. The van der Waals surface area contributed by atoms with E-state index in [2.05, 4.69) is 17.5 Å². The van der Waals surface area contributed by atoms with Crippen molar-refractivity contribution >= 4 is 18.5 Å². The van der Waals surface area contributed by atoms with Gasteiger partial charge in [0, 0.05) is 19.5 Å². The van der Waals surface area contributed by atoms with Crippen molar-refractivity contribution in [2.45, 2.75) is 64.2 Å². The van der Waals surface area contributed by atoms with Gasteiger partial charge in [0.25, 0.3) is 0 Å². The number of carbonyl (C=O) groups is 1. The minimum Gasteiger partial charge on any atom is -0.343 e. The Morgan fingerprint density at radius 2 is 1.58 bits per heavy atom. The van der Waals surface area contributed by atoms with Crippen molar-refractivity contribution in [3.63, 3.8) is 0 Å². The van der Waals surface area contributed by atoms with Gasteiger partial charge in [-0.05, 0) is 55.1 Å². The molecule has 1 aliphatic heterocycles. The lowest BCUT2D eigenvalue weighted by atomic mass is 9.68. The summed E-state index contributed by atoms with van der Waals surface area (Å²) in [4.78, 5) is 14.5. The molecule has 2 nitrogen and oxygen atoms in total. The van der Waals surface area contributed by atoms with Crippen molar-refractivity contribution in [3.05, 3.63) is 0 Å². The highest BCUT2D eigenvalue weighted by molar-refractivity contribution is 7.80. The molecule has 1 amide bonds. The summed E-state index contributed by atoms with van der Waals surface area (Å²) in [6, 6.07) is 0. The Bertz CT molecular complexity index is 335. The SMILES string of the molecule is O=C(CC1(CS)CC1)N1CCC2(CCCCC2)CC1. The number of amides is 1. The summed E-state index contributed by atoms with van der Waals surface area (Å²) >= 11 is 4.41. The maximum absolute atomic E-state index is 12.4. The first-order valence-corrected chi connectivity index (χ1v) is 8.69. The van der Waals surface area contributed by atoms with Crippen LogP contribution in [0.5, 0.6) is 0 Å². The molecule has 3 heteroatoms. The molecule has 0 bridgehead atoms. The van der Waals surface area contributed by atoms with E-state index in [1.165, 1.54) is 57.8 Å². The number of rotatable bonds is 3. The molecule has 1 heterocycles. The molecule has 19 heavy (non-hydrogen) atoms. The average Bonchev–Trinajstić information content (AvgIpc) is 3.21. The molecule has 0 aromatic carbocycles. The fourth-order valence-electron chi connectivity index (χ4n) is 4.03. The molecule has 0 N–H and O–H groups in total. The predicted octanol–water partition coefficient (Wildman–Crippen LogP) is 3.66. The third kappa shape index (κ3) is 2.96. The molecular formula is C16H27NOS. The van der Waals surface area contributed by atoms with Gasteiger partial charge in [-0.3, -0.25) is 4.79 Å². The van der Waals surface area contributed by atoms with E-state index in [4.69, 9.17) is 0 Å². The van der Waals surface area contributed by atoms with Crippen LogP contribution in [-0.2, 0) is 4.79 Å². The topological polar surface area (TPSA) is 20.3 Å². The molecule has 108 valence electrons. The minimum atomic E-state index is 0.278. The number of hydrogen-bond donors (Lipinski definition) is 1. The van der Waals surface area contributed by atoms with E-state index in [1.807, 2.05) is 0 Å². The lowest BCUT2D eigenvalue weighted by Gasteiger charge is -2.44. The number of likely N-dealkylation sites (tertiary alicyclic amines) is 1. The van der Waals surface area contributed by atoms with Crippen LogP contribution in [0.25, 0.3) is 0 Å². The summed E-state index contributed by atoms with van der Waals surface area (Å²) in [5.74, 6) is 1.29. The second-order valence-corrected chi connectivity index (χ2v) is 7.59. The van der Waals surface area contributed by atoms with Crippen LogP contribution in [0.1, 0.15) is 64.2 Å². The molecule has 0 aromatic rings. The summed E-state index contributed by atoms with van der Waals surface area (Å²) in [7, 11) is 0. The summed E-state index contributed by atoms with van der Waals surface area (Å²) in [5, 5.41) is 0. The van der Waals surface area contributed by atoms with Gasteiger partial charge in [0.1, 0.15) is 0 Å². The van der Waals surface area contributed by atoms with Gasteiger partial charge in [-0.2, -0.15) is 12.6 Å². The molecule has 1 spiro atoms. The Hall–Kier alpha value is -0.180. The standard InChI is InChI=1S/C16H27NOS/c18-14(12-16(13-19)6-7-16)17-10-8-15(9-11-17)4-2-1-3-5-15/h19H,1-13H2. The third-order valence-electron chi connectivity index (χ3n) is 5.91. The monoisotopic (exact) mass is 281 g/mol. The van der Waals surface area contributed by atoms with E-state index in [1.54, 1.807) is 0 Å². The highest BCUT2D eigenvalue weighted by Gasteiger charge is 2.44. The van der Waals surface area contributed by atoms with Gasteiger partial charge in [0.2, 0.25) is 5.91 Å². The van der Waals surface area contributed by atoms with Gasteiger partial charge >= 0.3 is 0 Å². The zero-order valence-electron chi connectivity index (χ0n) is 12.0. The summed E-state index contributed by atoms with van der Waals surface area (Å²) in [6.07, 6.45) is 12.8. The highest BCUT2D eigenvalue weighted by Crippen LogP contribution is 2.50. The van der Waals surface area contributed by atoms with E-state index in [0.29, 0.717) is 11.3 Å². The fourth-order valence-corrected chi connectivity index (χ4v) is 4.46. The van der Waals surface area contributed by atoms with E-state index in [9.17, 15) is 4.79 Å². The minimum absolute atomic E-state index is 0.278. The van der Waals surface area contributed by atoms with Gasteiger partial charge in [-0.15, -0.1) is 0 Å². The second-order valence-electron chi connectivity index (χ2n) is 7.28. The molecule has 2 saturated carbocycles. The molecule has 0 aromatic heterocycles. The van der Waals surface area contributed by atoms with Gasteiger partial charge in [0.15, 0.2) is 0 Å². The van der Waals surface area contributed by atoms with Crippen LogP contribution in [0, 0.1) is 10.8 Å². The third-order valence-corrected chi connectivity index (χ3v) is 6.58. The van der Waals surface area contributed by atoms with Crippen LogP contribution >= 0.6 is 12.6 Å². The van der Waals surface area contributed by atoms with E-state index in [0.717, 1.165) is 25.3 Å². The fraction of sp³-hybridized carbons (Fsp3) is 0.938. The summed E-state index contributed by atoms with van der Waals surface area (Å²) < 4.78 is 0. The molecule has 1 saturated heterocycles. The van der Waals surface area contributed by atoms with Crippen molar-refractivity contribution in [1.29, 1.82) is 0 Å². The lowest BCUT2D eigenvalue weighted by molar-refractivity contribution is -0.135. The first-order chi connectivity index (χ1) is 9.17. The van der Waals surface area contributed by atoms with Crippen LogP contribution in [-0.4, -0.2) is 29.6 Å². The molecule has 0 atom stereocenters. The first kappa shape index (κ1) is 13.8. The molecular weight excluding hydrogens is 254 g/mol. The van der Waals surface area contributed by atoms with Gasteiger partial charge in [-0.25, -0.2) is 0 Å². The van der Waals surface area contributed by atoms with E-state index in [-0.39, 0.29) is 5.41 Å². The quantitative estimate of drug-likeness (QED) is 0.783. The van der Waals surface area contributed by atoms with Crippen LogP contribution in [0.4, 0.5) is 0 Å². The Morgan fingerprint density at radius 1 is 0.947 bits per heavy atom. The maximum Gasteiger partial charge on any atom is 0.223 e. The van der Waals surface area contributed by atoms with E-state index >= 15 is 0 Å². The molecule has 3 fully saturated rings. The highest BCUT2D eigenvalue weighted by atomic mass is 32.1. The zero-order valence-corrected chi connectivity index (χ0v) is 12.9.